The van der Waals surface area contributed by atoms with Crippen molar-refractivity contribution in [2.24, 2.45) is 0 Å². The molecular formula is C15H22N2O2S. The largest absolute Gasteiger partial charge is 0.495 e. The minimum absolute atomic E-state index is 0.0534. The second-order valence-corrected chi connectivity index (χ2v) is 7.41. The molecule has 1 heterocycles. The van der Waals surface area contributed by atoms with Crippen LogP contribution in [0.15, 0.2) is 18.2 Å². The zero-order valence-corrected chi connectivity index (χ0v) is 13.1. The van der Waals surface area contributed by atoms with Gasteiger partial charge in [-0.25, -0.2) is 0 Å². The van der Waals surface area contributed by atoms with E-state index in [1.54, 1.807) is 25.3 Å². The first-order valence-electron chi connectivity index (χ1n) is 6.80. The van der Waals surface area contributed by atoms with E-state index in [9.17, 15) is 4.79 Å². The predicted octanol–water partition coefficient (Wildman–Crippen LogP) is 2.64. The van der Waals surface area contributed by atoms with Crippen LogP contribution in [0.1, 0.15) is 30.6 Å². The summed E-state index contributed by atoms with van der Waals surface area (Å²) in [4.78, 5) is 14.5. The van der Waals surface area contributed by atoms with Crippen molar-refractivity contribution in [1.82, 2.24) is 4.90 Å². The molecule has 2 N–H and O–H groups in total. The van der Waals surface area contributed by atoms with Crippen molar-refractivity contribution < 1.29 is 9.53 Å². The monoisotopic (exact) mass is 294 g/mol. The lowest BCUT2D eigenvalue weighted by molar-refractivity contribution is 0.0764. The van der Waals surface area contributed by atoms with Gasteiger partial charge >= 0.3 is 0 Å². The normalized spacial score (nSPS) is 18.4. The Kier molecular flexibility index (Phi) is 4.48. The van der Waals surface area contributed by atoms with Crippen molar-refractivity contribution in [3.63, 3.8) is 0 Å². The van der Waals surface area contributed by atoms with Gasteiger partial charge in [0, 0.05) is 29.2 Å². The number of nitrogen functional groups attached to an aromatic ring is 1. The molecule has 0 bridgehead atoms. The van der Waals surface area contributed by atoms with E-state index >= 15 is 0 Å². The van der Waals surface area contributed by atoms with Crippen molar-refractivity contribution in [3.05, 3.63) is 23.8 Å². The van der Waals surface area contributed by atoms with E-state index in [1.165, 1.54) is 0 Å². The second kappa shape index (κ2) is 5.95. The highest BCUT2D eigenvalue weighted by Gasteiger charge is 2.26. The average Bonchev–Trinajstić information content (AvgIpc) is 2.59. The first-order valence-corrected chi connectivity index (χ1v) is 7.78. The smallest absolute Gasteiger partial charge is 0.253 e. The molecule has 5 heteroatoms. The summed E-state index contributed by atoms with van der Waals surface area (Å²) in [6.07, 6.45) is 1.01. The van der Waals surface area contributed by atoms with E-state index in [4.69, 9.17) is 10.5 Å². The molecule has 0 spiro atoms. The van der Waals surface area contributed by atoms with Crippen molar-refractivity contribution in [1.29, 1.82) is 0 Å². The van der Waals surface area contributed by atoms with Crippen LogP contribution in [0.2, 0.25) is 0 Å². The zero-order valence-electron chi connectivity index (χ0n) is 12.3. The molecule has 1 aromatic rings. The van der Waals surface area contributed by atoms with Gasteiger partial charge < -0.3 is 15.4 Å². The number of benzene rings is 1. The van der Waals surface area contributed by atoms with Crippen LogP contribution in [0.5, 0.6) is 5.75 Å². The van der Waals surface area contributed by atoms with Crippen LogP contribution in [-0.4, -0.2) is 41.5 Å². The molecule has 0 atom stereocenters. The number of nitrogens with two attached hydrogens (primary N) is 1. The summed E-state index contributed by atoms with van der Waals surface area (Å²) in [5, 5.41) is 0. The lowest BCUT2D eigenvalue weighted by Gasteiger charge is -2.23. The molecule has 2 rings (SSSR count). The van der Waals surface area contributed by atoms with Crippen molar-refractivity contribution in [2.75, 3.05) is 31.7 Å². The molecule has 4 nitrogen and oxygen atoms in total. The SMILES string of the molecule is COc1ccc(C(=O)N2CCSC(C)(C)CC2)cc1N. The van der Waals surface area contributed by atoms with Gasteiger partial charge in [0.15, 0.2) is 0 Å². The number of ether oxygens (including phenoxy) is 1. The van der Waals surface area contributed by atoms with Crippen LogP contribution in [0, 0.1) is 0 Å². The topological polar surface area (TPSA) is 55.6 Å². The molecule has 1 saturated heterocycles. The van der Waals surface area contributed by atoms with Gasteiger partial charge in [-0.15, -0.1) is 0 Å². The Morgan fingerprint density at radius 3 is 2.80 bits per heavy atom. The third kappa shape index (κ3) is 3.39. The van der Waals surface area contributed by atoms with E-state index in [1.807, 2.05) is 16.7 Å². The first kappa shape index (κ1) is 15.0. The van der Waals surface area contributed by atoms with Gasteiger partial charge in [-0.05, 0) is 24.6 Å². The van der Waals surface area contributed by atoms with Crippen LogP contribution >= 0.6 is 11.8 Å². The third-order valence-corrected chi connectivity index (χ3v) is 4.97. The van der Waals surface area contributed by atoms with E-state index in [0.717, 1.165) is 25.3 Å². The highest BCUT2D eigenvalue weighted by molar-refractivity contribution is 8.00. The van der Waals surface area contributed by atoms with E-state index < -0.39 is 0 Å². The summed E-state index contributed by atoms with van der Waals surface area (Å²) >= 11 is 1.93. The van der Waals surface area contributed by atoms with Gasteiger partial charge in [-0.1, -0.05) is 13.8 Å². The molecule has 0 unspecified atom stereocenters. The molecule has 0 aromatic heterocycles. The minimum Gasteiger partial charge on any atom is -0.495 e. The average molecular weight is 294 g/mol. The summed E-state index contributed by atoms with van der Waals surface area (Å²) in [7, 11) is 1.57. The summed E-state index contributed by atoms with van der Waals surface area (Å²) < 4.78 is 5.36. The number of anilines is 1. The lowest BCUT2D eigenvalue weighted by atomic mass is 10.1. The predicted molar refractivity (Wildman–Crippen MR) is 84.5 cm³/mol. The van der Waals surface area contributed by atoms with Crippen molar-refractivity contribution in [3.8, 4) is 5.75 Å². The molecule has 0 aliphatic carbocycles. The van der Waals surface area contributed by atoms with Gasteiger partial charge in [0.25, 0.3) is 5.91 Å². The fraction of sp³-hybridized carbons (Fsp3) is 0.533. The van der Waals surface area contributed by atoms with Crippen LogP contribution in [0.3, 0.4) is 0 Å². The summed E-state index contributed by atoms with van der Waals surface area (Å²) in [6.45, 7) is 6.05. The van der Waals surface area contributed by atoms with Crippen LogP contribution in [0.25, 0.3) is 0 Å². The zero-order chi connectivity index (χ0) is 14.8. The molecule has 1 aromatic carbocycles. The highest BCUT2D eigenvalue weighted by Crippen LogP contribution is 2.31. The molecular weight excluding hydrogens is 272 g/mol. The highest BCUT2D eigenvalue weighted by atomic mass is 32.2. The van der Waals surface area contributed by atoms with E-state index in [0.29, 0.717) is 17.0 Å². The molecule has 1 amide bonds. The Morgan fingerprint density at radius 2 is 2.15 bits per heavy atom. The number of amides is 1. The number of hydrogen-bond donors (Lipinski definition) is 1. The van der Waals surface area contributed by atoms with Crippen LogP contribution in [0.4, 0.5) is 5.69 Å². The van der Waals surface area contributed by atoms with Crippen LogP contribution < -0.4 is 10.5 Å². The standard InChI is InChI=1S/C15H22N2O2S/c1-15(2)6-7-17(8-9-20-15)14(18)11-4-5-13(19-3)12(16)10-11/h4-5,10H,6-9,16H2,1-3H3. The van der Waals surface area contributed by atoms with E-state index in [-0.39, 0.29) is 10.7 Å². The Hall–Kier alpha value is -1.36. The summed E-state index contributed by atoms with van der Waals surface area (Å²) in [5.41, 5.74) is 7.01. The third-order valence-electron chi connectivity index (χ3n) is 3.60. The maximum Gasteiger partial charge on any atom is 0.253 e. The molecule has 1 aliphatic heterocycles. The van der Waals surface area contributed by atoms with Crippen LogP contribution in [-0.2, 0) is 0 Å². The maximum atomic E-state index is 12.5. The molecule has 1 fully saturated rings. The molecule has 1 aliphatic rings. The van der Waals surface area contributed by atoms with Gasteiger partial charge in [-0.2, -0.15) is 11.8 Å². The number of carbonyl (C=O) groups excluding carboxylic acids is 1. The maximum absolute atomic E-state index is 12.5. The fourth-order valence-corrected chi connectivity index (χ4v) is 3.37. The number of methoxy groups -OCH3 is 1. The lowest BCUT2D eigenvalue weighted by Crippen LogP contribution is -2.33. The van der Waals surface area contributed by atoms with Gasteiger partial charge in [-0.3, -0.25) is 4.79 Å². The Balaban J connectivity index is 2.13. The summed E-state index contributed by atoms with van der Waals surface area (Å²) in [6, 6.07) is 5.23. The molecule has 0 saturated carbocycles. The molecule has 0 radical (unpaired) electrons. The minimum atomic E-state index is 0.0534. The Labute approximate surface area is 124 Å². The fourth-order valence-electron chi connectivity index (χ4n) is 2.27. The molecule has 20 heavy (non-hydrogen) atoms. The number of rotatable bonds is 2. The van der Waals surface area contributed by atoms with Crippen molar-refractivity contribution in [2.45, 2.75) is 25.0 Å². The number of nitrogens with zero attached hydrogens (tertiary/aromatic N) is 1. The van der Waals surface area contributed by atoms with Gasteiger partial charge in [0.2, 0.25) is 0 Å². The van der Waals surface area contributed by atoms with Gasteiger partial charge in [0.05, 0.1) is 12.8 Å². The quantitative estimate of drug-likeness (QED) is 0.852. The number of thioether (sulfide) groups is 1. The Bertz CT molecular complexity index is 503. The van der Waals surface area contributed by atoms with Crippen molar-refractivity contribution >= 4 is 23.4 Å². The van der Waals surface area contributed by atoms with Gasteiger partial charge in [0.1, 0.15) is 5.75 Å². The summed E-state index contributed by atoms with van der Waals surface area (Å²) in [5.74, 6) is 1.64. The Morgan fingerprint density at radius 1 is 1.40 bits per heavy atom. The number of hydrogen-bond acceptors (Lipinski definition) is 4. The van der Waals surface area contributed by atoms with E-state index in [2.05, 4.69) is 13.8 Å². The molecule has 110 valence electrons. The second-order valence-electron chi connectivity index (χ2n) is 5.61. The first-order chi connectivity index (χ1) is 9.43. The number of carbonyl (C=O) groups is 1.